The third-order valence-electron chi connectivity index (χ3n) is 3.36. The van der Waals surface area contributed by atoms with Crippen LogP contribution >= 0.6 is 11.6 Å². The summed E-state index contributed by atoms with van der Waals surface area (Å²) in [7, 11) is 1.58. The molecule has 5 heteroatoms. The zero-order valence-electron chi connectivity index (χ0n) is 13.9. The summed E-state index contributed by atoms with van der Waals surface area (Å²) in [4.78, 5) is 12.1. The van der Waals surface area contributed by atoms with Crippen LogP contribution in [-0.4, -0.2) is 19.6 Å². The summed E-state index contributed by atoms with van der Waals surface area (Å²) in [5, 5.41) is 3.47. The lowest BCUT2D eigenvalue weighted by Gasteiger charge is -2.09. The minimum Gasteiger partial charge on any atom is -0.493 e. The van der Waals surface area contributed by atoms with Gasteiger partial charge in [0.05, 0.1) is 13.7 Å². The van der Waals surface area contributed by atoms with Crippen molar-refractivity contribution in [2.24, 2.45) is 0 Å². The van der Waals surface area contributed by atoms with E-state index in [1.54, 1.807) is 31.4 Å². The van der Waals surface area contributed by atoms with Crippen molar-refractivity contribution in [3.05, 3.63) is 58.6 Å². The molecule has 0 saturated carbocycles. The monoisotopic (exact) mass is 345 g/mol. The molecule has 4 nitrogen and oxygen atoms in total. The number of halogens is 1. The van der Waals surface area contributed by atoms with Crippen molar-refractivity contribution in [1.29, 1.82) is 0 Å². The van der Waals surface area contributed by atoms with Crippen molar-refractivity contribution in [1.82, 2.24) is 0 Å². The summed E-state index contributed by atoms with van der Waals surface area (Å²) in [6, 6.07) is 10.8. The van der Waals surface area contributed by atoms with Gasteiger partial charge in [-0.2, -0.15) is 0 Å². The Labute approximate surface area is 147 Å². The second-order valence-corrected chi connectivity index (χ2v) is 5.56. The van der Waals surface area contributed by atoms with Crippen molar-refractivity contribution in [3.63, 3.8) is 0 Å². The van der Waals surface area contributed by atoms with E-state index in [1.165, 1.54) is 6.08 Å². The predicted molar refractivity (Wildman–Crippen MR) is 98.0 cm³/mol. The third kappa shape index (κ3) is 4.77. The maximum absolute atomic E-state index is 12.1. The van der Waals surface area contributed by atoms with Crippen LogP contribution in [0.4, 0.5) is 5.69 Å². The van der Waals surface area contributed by atoms with Gasteiger partial charge < -0.3 is 14.8 Å². The summed E-state index contributed by atoms with van der Waals surface area (Å²) in [5.41, 5.74) is 2.49. The number of methoxy groups -OCH3 is 1. The molecule has 0 heterocycles. The molecule has 2 rings (SSSR count). The van der Waals surface area contributed by atoms with E-state index < -0.39 is 0 Å². The SMILES string of the molecule is CCOc1ccc(C=CC(=O)Nc2ccc(Cl)cc2C)cc1OC. The number of amides is 1. The first-order valence-electron chi connectivity index (χ1n) is 7.59. The second-order valence-electron chi connectivity index (χ2n) is 5.13. The van der Waals surface area contributed by atoms with E-state index in [0.717, 1.165) is 16.8 Å². The van der Waals surface area contributed by atoms with Crippen molar-refractivity contribution in [2.45, 2.75) is 13.8 Å². The van der Waals surface area contributed by atoms with Gasteiger partial charge in [0.2, 0.25) is 5.91 Å². The second kappa shape index (κ2) is 8.41. The Balaban J connectivity index is 2.08. The van der Waals surface area contributed by atoms with Crippen molar-refractivity contribution in [2.75, 3.05) is 19.0 Å². The molecule has 0 unspecified atom stereocenters. The molecule has 2 aromatic carbocycles. The number of benzene rings is 2. The zero-order valence-corrected chi connectivity index (χ0v) is 14.7. The molecule has 0 spiro atoms. The van der Waals surface area contributed by atoms with Crippen LogP contribution in [0.25, 0.3) is 6.08 Å². The molecule has 0 bridgehead atoms. The molecule has 0 aliphatic rings. The topological polar surface area (TPSA) is 47.6 Å². The standard InChI is InChI=1S/C19H20ClNO3/c1-4-24-17-9-5-14(12-18(17)23-3)6-10-19(22)21-16-8-7-15(20)11-13(16)2/h5-12H,4H2,1-3H3,(H,21,22). The number of hydrogen-bond acceptors (Lipinski definition) is 3. The van der Waals surface area contributed by atoms with Crippen LogP contribution in [0.1, 0.15) is 18.1 Å². The number of nitrogens with one attached hydrogen (secondary N) is 1. The lowest BCUT2D eigenvalue weighted by molar-refractivity contribution is -0.111. The maximum atomic E-state index is 12.1. The summed E-state index contributed by atoms with van der Waals surface area (Å²) in [5.74, 6) is 1.10. The number of hydrogen-bond donors (Lipinski definition) is 1. The van der Waals surface area contributed by atoms with Gasteiger partial charge in [-0.05, 0) is 61.4 Å². The van der Waals surface area contributed by atoms with Gasteiger partial charge in [0.15, 0.2) is 11.5 Å². The lowest BCUT2D eigenvalue weighted by atomic mass is 10.1. The summed E-state index contributed by atoms with van der Waals surface area (Å²) >= 11 is 5.91. The summed E-state index contributed by atoms with van der Waals surface area (Å²) < 4.78 is 10.8. The third-order valence-corrected chi connectivity index (χ3v) is 3.60. The molecule has 1 N–H and O–H groups in total. The largest absolute Gasteiger partial charge is 0.493 e. The number of ether oxygens (including phenoxy) is 2. The van der Waals surface area contributed by atoms with Crippen LogP contribution in [0.3, 0.4) is 0 Å². The lowest BCUT2D eigenvalue weighted by Crippen LogP contribution is -2.08. The van der Waals surface area contributed by atoms with Gasteiger partial charge in [-0.3, -0.25) is 4.79 Å². The van der Waals surface area contributed by atoms with E-state index >= 15 is 0 Å². The first-order chi connectivity index (χ1) is 11.5. The Morgan fingerprint density at radius 1 is 1.21 bits per heavy atom. The van der Waals surface area contributed by atoms with Crippen LogP contribution in [0.5, 0.6) is 11.5 Å². The molecular weight excluding hydrogens is 326 g/mol. The van der Waals surface area contributed by atoms with Crippen LogP contribution in [0, 0.1) is 6.92 Å². The normalized spacial score (nSPS) is 10.7. The average molecular weight is 346 g/mol. The molecule has 0 atom stereocenters. The first-order valence-corrected chi connectivity index (χ1v) is 7.97. The highest BCUT2D eigenvalue weighted by Gasteiger charge is 2.05. The molecule has 126 valence electrons. The molecule has 0 radical (unpaired) electrons. The van der Waals surface area contributed by atoms with Crippen LogP contribution in [-0.2, 0) is 4.79 Å². The number of anilines is 1. The van der Waals surface area contributed by atoms with Crippen molar-refractivity contribution in [3.8, 4) is 11.5 Å². The Morgan fingerprint density at radius 2 is 2.00 bits per heavy atom. The maximum Gasteiger partial charge on any atom is 0.248 e. The molecule has 0 fully saturated rings. The summed E-state index contributed by atoms with van der Waals surface area (Å²) in [6.07, 6.45) is 3.20. The van der Waals surface area contributed by atoms with Gasteiger partial charge in [0, 0.05) is 16.8 Å². The van der Waals surface area contributed by atoms with Crippen molar-refractivity contribution < 1.29 is 14.3 Å². The van der Waals surface area contributed by atoms with E-state index in [2.05, 4.69) is 5.32 Å². The minimum absolute atomic E-state index is 0.215. The molecule has 0 aliphatic carbocycles. The van der Waals surface area contributed by atoms with Gasteiger partial charge in [-0.1, -0.05) is 17.7 Å². The average Bonchev–Trinajstić information content (AvgIpc) is 2.56. The molecular formula is C19H20ClNO3. The van der Waals surface area contributed by atoms with E-state index in [0.29, 0.717) is 23.1 Å². The predicted octanol–water partition coefficient (Wildman–Crippen LogP) is 4.71. The van der Waals surface area contributed by atoms with E-state index in [1.807, 2.05) is 32.0 Å². The van der Waals surface area contributed by atoms with Gasteiger partial charge in [-0.15, -0.1) is 0 Å². The molecule has 0 saturated heterocycles. The molecule has 0 aromatic heterocycles. The number of carbonyl (C=O) groups is 1. The molecule has 24 heavy (non-hydrogen) atoms. The fraction of sp³-hybridized carbons (Fsp3) is 0.211. The van der Waals surface area contributed by atoms with Gasteiger partial charge in [-0.25, -0.2) is 0 Å². The van der Waals surface area contributed by atoms with Gasteiger partial charge in [0.25, 0.3) is 0 Å². The Morgan fingerprint density at radius 3 is 2.67 bits per heavy atom. The van der Waals surface area contributed by atoms with Crippen molar-refractivity contribution >= 4 is 29.3 Å². The van der Waals surface area contributed by atoms with E-state index in [-0.39, 0.29) is 5.91 Å². The van der Waals surface area contributed by atoms with Crippen LogP contribution in [0.15, 0.2) is 42.5 Å². The fourth-order valence-electron chi connectivity index (χ4n) is 2.18. The van der Waals surface area contributed by atoms with Crippen LogP contribution < -0.4 is 14.8 Å². The molecule has 0 aliphatic heterocycles. The quantitative estimate of drug-likeness (QED) is 0.771. The zero-order chi connectivity index (χ0) is 17.5. The molecule has 1 amide bonds. The van der Waals surface area contributed by atoms with E-state index in [9.17, 15) is 4.79 Å². The fourth-order valence-corrected chi connectivity index (χ4v) is 2.40. The number of aryl methyl sites for hydroxylation is 1. The van der Waals surface area contributed by atoms with Gasteiger partial charge >= 0.3 is 0 Å². The van der Waals surface area contributed by atoms with E-state index in [4.69, 9.17) is 21.1 Å². The molecule has 2 aromatic rings. The highest BCUT2D eigenvalue weighted by molar-refractivity contribution is 6.30. The number of rotatable bonds is 6. The Bertz CT molecular complexity index is 756. The Kier molecular flexibility index (Phi) is 6.27. The smallest absolute Gasteiger partial charge is 0.248 e. The Hall–Kier alpha value is -2.46. The first kappa shape index (κ1) is 17.9. The summed E-state index contributed by atoms with van der Waals surface area (Å²) in [6.45, 7) is 4.37. The highest BCUT2D eigenvalue weighted by Crippen LogP contribution is 2.28. The minimum atomic E-state index is -0.215. The van der Waals surface area contributed by atoms with Crippen LogP contribution in [0.2, 0.25) is 5.02 Å². The number of carbonyl (C=O) groups excluding carboxylic acids is 1. The van der Waals surface area contributed by atoms with Gasteiger partial charge in [0.1, 0.15) is 0 Å². The highest BCUT2D eigenvalue weighted by atomic mass is 35.5.